The first kappa shape index (κ1) is 28.4. The second kappa shape index (κ2) is 11.3. The molecule has 9 aromatic rings. The third-order valence-corrected chi connectivity index (χ3v) is 10.2. The van der Waals surface area contributed by atoms with Crippen LogP contribution >= 0.6 is 0 Å². The van der Waals surface area contributed by atoms with Gasteiger partial charge >= 0.3 is 0 Å². The second-order valence-electron chi connectivity index (χ2n) is 12.9. The zero-order valence-electron chi connectivity index (χ0n) is 27.1. The van der Waals surface area contributed by atoms with Crippen molar-refractivity contribution >= 4 is 21.9 Å². The van der Waals surface area contributed by atoms with Crippen LogP contribution in [0.2, 0.25) is 0 Å². The van der Waals surface area contributed by atoms with Crippen LogP contribution in [-0.4, -0.2) is 9.97 Å². The monoisotopic (exact) mass is 638 g/mol. The summed E-state index contributed by atoms with van der Waals surface area (Å²) < 4.78 is 6.17. The largest absolute Gasteiger partial charge is 0.456 e. The highest BCUT2D eigenvalue weighted by Crippen LogP contribution is 2.58. The molecule has 0 atom stereocenters. The quantitative estimate of drug-likeness (QED) is 0.188. The van der Waals surface area contributed by atoms with Crippen LogP contribution in [0, 0.1) is 0 Å². The molecule has 0 amide bonds. The maximum atomic E-state index is 6.17. The molecule has 1 aliphatic rings. The molecule has 0 fully saturated rings. The molecule has 3 heteroatoms. The van der Waals surface area contributed by atoms with Crippen molar-refractivity contribution < 1.29 is 4.42 Å². The Hall–Kier alpha value is -6.58. The van der Waals surface area contributed by atoms with Gasteiger partial charge in [0, 0.05) is 27.5 Å². The smallest absolute Gasteiger partial charge is 0.160 e. The average Bonchev–Trinajstić information content (AvgIpc) is 3.72. The van der Waals surface area contributed by atoms with Crippen molar-refractivity contribution in [1.29, 1.82) is 0 Å². The molecule has 234 valence electrons. The fourth-order valence-corrected chi connectivity index (χ4v) is 8.04. The minimum Gasteiger partial charge on any atom is -0.456 e. The number of benzene rings is 7. The topological polar surface area (TPSA) is 38.9 Å². The third-order valence-electron chi connectivity index (χ3n) is 10.2. The van der Waals surface area contributed by atoms with Gasteiger partial charge in [-0.2, -0.15) is 0 Å². The molecule has 3 nitrogen and oxygen atoms in total. The van der Waals surface area contributed by atoms with Crippen molar-refractivity contribution in [3.8, 4) is 45.0 Å². The lowest BCUT2D eigenvalue weighted by Crippen LogP contribution is -2.28. The Bertz CT molecular complexity index is 2660. The van der Waals surface area contributed by atoms with E-state index in [0.29, 0.717) is 5.82 Å². The molecule has 0 N–H and O–H groups in total. The van der Waals surface area contributed by atoms with E-state index < -0.39 is 5.41 Å². The Labute approximate surface area is 290 Å². The van der Waals surface area contributed by atoms with E-state index in [0.717, 1.165) is 50.0 Å². The lowest BCUT2D eigenvalue weighted by Gasteiger charge is -2.33. The van der Waals surface area contributed by atoms with Gasteiger partial charge in [-0.1, -0.05) is 152 Å². The SMILES string of the molecule is c1ccc(-c2nc(-c3ccc4oc5ccccc5c4c3)cc(-c3cccc4c3-c3ccccc3C4(c3ccccc3)c3ccccc3)n2)cc1. The zero-order chi connectivity index (χ0) is 33.1. The summed E-state index contributed by atoms with van der Waals surface area (Å²) in [5.41, 5.74) is 13.5. The van der Waals surface area contributed by atoms with E-state index >= 15 is 0 Å². The zero-order valence-corrected chi connectivity index (χ0v) is 27.1. The van der Waals surface area contributed by atoms with Crippen molar-refractivity contribution in [3.05, 3.63) is 204 Å². The van der Waals surface area contributed by atoms with Crippen molar-refractivity contribution in [1.82, 2.24) is 9.97 Å². The molecule has 0 unspecified atom stereocenters. The van der Waals surface area contributed by atoms with Gasteiger partial charge in [0.1, 0.15) is 11.2 Å². The standard InChI is InChI=1S/C47H30N2O/c1-4-15-31(16-5-1)46-48-41(32-27-28-44-38(29-32)35-21-11-13-26-43(35)50-44)30-42(49-46)37-23-14-25-40-45(37)36-22-10-12-24-39(36)47(40,33-17-6-2-7-18-33)34-19-8-3-9-20-34/h1-30H. The second-order valence-corrected chi connectivity index (χ2v) is 12.9. The van der Waals surface area contributed by atoms with Crippen molar-refractivity contribution in [2.75, 3.05) is 0 Å². The van der Waals surface area contributed by atoms with E-state index in [-0.39, 0.29) is 0 Å². The van der Waals surface area contributed by atoms with Crippen LogP contribution in [0.5, 0.6) is 0 Å². The van der Waals surface area contributed by atoms with Crippen LogP contribution in [0.4, 0.5) is 0 Å². The molecule has 0 saturated carbocycles. The van der Waals surface area contributed by atoms with Gasteiger partial charge in [-0.3, -0.25) is 0 Å². The maximum absolute atomic E-state index is 6.17. The summed E-state index contributed by atoms with van der Waals surface area (Å²) >= 11 is 0. The van der Waals surface area contributed by atoms with E-state index in [4.69, 9.17) is 14.4 Å². The first-order chi connectivity index (χ1) is 24.8. The minimum atomic E-state index is -0.490. The Morgan fingerprint density at radius 1 is 0.400 bits per heavy atom. The van der Waals surface area contributed by atoms with Crippen molar-refractivity contribution in [2.45, 2.75) is 5.41 Å². The summed E-state index contributed by atoms with van der Waals surface area (Å²) in [5.74, 6) is 0.691. The van der Waals surface area contributed by atoms with Crippen LogP contribution in [0.25, 0.3) is 67.0 Å². The summed E-state index contributed by atoms with van der Waals surface area (Å²) in [6.07, 6.45) is 0. The van der Waals surface area contributed by atoms with Gasteiger partial charge in [0.25, 0.3) is 0 Å². The molecule has 1 aliphatic carbocycles. The molecule has 0 aliphatic heterocycles. The predicted octanol–water partition coefficient (Wildman–Crippen LogP) is 11.7. The highest BCUT2D eigenvalue weighted by atomic mass is 16.3. The Kier molecular flexibility index (Phi) is 6.40. The molecule has 0 radical (unpaired) electrons. The van der Waals surface area contributed by atoms with Crippen LogP contribution in [-0.2, 0) is 5.41 Å². The van der Waals surface area contributed by atoms with Crippen LogP contribution in [0.1, 0.15) is 22.3 Å². The third kappa shape index (κ3) is 4.23. The van der Waals surface area contributed by atoms with Crippen molar-refractivity contribution in [2.24, 2.45) is 0 Å². The number of rotatable bonds is 5. The summed E-state index contributed by atoms with van der Waals surface area (Å²) in [5, 5.41) is 2.17. The fraction of sp³-hybridized carbons (Fsp3) is 0.0213. The fourth-order valence-electron chi connectivity index (χ4n) is 8.04. The molecule has 50 heavy (non-hydrogen) atoms. The van der Waals surface area contributed by atoms with Gasteiger partial charge in [-0.05, 0) is 63.7 Å². The molecule has 0 bridgehead atoms. The number of fused-ring (bicyclic) bond motifs is 6. The van der Waals surface area contributed by atoms with Gasteiger partial charge in [0.2, 0.25) is 0 Å². The van der Waals surface area contributed by atoms with E-state index in [1.165, 1.54) is 33.4 Å². The number of furan rings is 1. The van der Waals surface area contributed by atoms with Gasteiger partial charge in [-0.25, -0.2) is 9.97 Å². The van der Waals surface area contributed by atoms with Gasteiger partial charge in [0.05, 0.1) is 16.8 Å². The first-order valence-electron chi connectivity index (χ1n) is 17.0. The van der Waals surface area contributed by atoms with Gasteiger partial charge < -0.3 is 4.42 Å². The number of nitrogens with zero attached hydrogens (tertiary/aromatic N) is 2. The summed E-state index contributed by atoms with van der Waals surface area (Å²) in [6, 6.07) is 64.4. The molecule has 10 rings (SSSR count). The number of aromatic nitrogens is 2. The van der Waals surface area contributed by atoms with E-state index in [1.807, 2.05) is 30.3 Å². The molecular formula is C47H30N2O. The predicted molar refractivity (Wildman–Crippen MR) is 203 cm³/mol. The molecule has 7 aromatic carbocycles. The molecule has 0 saturated heterocycles. The number of hydrogen-bond acceptors (Lipinski definition) is 3. The number of hydrogen-bond donors (Lipinski definition) is 0. The van der Waals surface area contributed by atoms with Crippen molar-refractivity contribution in [3.63, 3.8) is 0 Å². The molecule has 2 aromatic heterocycles. The lowest BCUT2D eigenvalue weighted by molar-refractivity contribution is 0.669. The molecule has 2 heterocycles. The van der Waals surface area contributed by atoms with Gasteiger partial charge in [0.15, 0.2) is 5.82 Å². The minimum absolute atomic E-state index is 0.490. The van der Waals surface area contributed by atoms with Crippen LogP contribution < -0.4 is 0 Å². The van der Waals surface area contributed by atoms with E-state index in [2.05, 4.69) is 152 Å². The average molecular weight is 639 g/mol. The normalized spacial score (nSPS) is 13.0. The maximum Gasteiger partial charge on any atom is 0.160 e. The van der Waals surface area contributed by atoms with Gasteiger partial charge in [-0.15, -0.1) is 0 Å². The molecular weight excluding hydrogens is 609 g/mol. The summed E-state index contributed by atoms with van der Waals surface area (Å²) in [4.78, 5) is 10.5. The highest BCUT2D eigenvalue weighted by Gasteiger charge is 2.46. The van der Waals surface area contributed by atoms with E-state index in [1.54, 1.807) is 0 Å². The Balaban J connectivity index is 1.26. The Morgan fingerprint density at radius 2 is 1.00 bits per heavy atom. The van der Waals surface area contributed by atoms with Crippen LogP contribution in [0.3, 0.4) is 0 Å². The lowest BCUT2D eigenvalue weighted by atomic mass is 9.67. The number of para-hydroxylation sites is 1. The Morgan fingerprint density at radius 3 is 1.78 bits per heavy atom. The van der Waals surface area contributed by atoms with Crippen LogP contribution in [0.15, 0.2) is 186 Å². The molecule has 0 spiro atoms. The van der Waals surface area contributed by atoms with E-state index in [9.17, 15) is 0 Å². The summed E-state index contributed by atoms with van der Waals surface area (Å²) in [6.45, 7) is 0. The highest BCUT2D eigenvalue weighted by molar-refractivity contribution is 6.06. The summed E-state index contributed by atoms with van der Waals surface area (Å²) in [7, 11) is 0. The first-order valence-corrected chi connectivity index (χ1v) is 17.0.